The molecule has 1 aromatic heterocycles. The first-order valence-corrected chi connectivity index (χ1v) is 13.3. The Hall–Kier alpha value is -2.79. The Morgan fingerprint density at radius 3 is 2.32 bits per heavy atom. The second-order valence-electron chi connectivity index (χ2n) is 8.56. The number of rotatable bonds is 7. The number of hydrogen-bond acceptors (Lipinski definition) is 3. The maximum atomic E-state index is 13.9. The molecule has 34 heavy (non-hydrogen) atoms. The number of benzene rings is 3. The quantitative estimate of drug-likeness (QED) is 0.222. The minimum absolute atomic E-state index is 0.119. The molecule has 3 nitrogen and oxygen atoms in total. The van der Waals surface area contributed by atoms with Gasteiger partial charge in [-0.25, -0.2) is 0 Å². The summed E-state index contributed by atoms with van der Waals surface area (Å²) in [7, 11) is 0. The summed E-state index contributed by atoms with van der Waals surface area (Å²) in [5.41, 5.74) is 1.91. The number of carbonyl (C=O) groups is 1. The fourth-order valence-corrected chi connectivity index (χ4v) is 7.00. The van der Waals surface area contributed by atoms with Crippen LogP contribution in [0.5, 0.6) is 5.75 Å². The molecule has 0 radical (unpaired) electrons. The molecule has 1 saturated heterocycles. The maximum absolute atomic E-state index is 13.9. The van der Waals surface area contributed by atoms with Crippen molar-refractivity contribution in [1.29, 1.82) is 0 Å². The number of ketones is 1. The Bertz CT molecular complexity index is 1290. The van der Waals surface area contributed by atoms with Crippen LogP contribution in [0.25, 0.3) is 19.6 Å². The Labute approximate surface area is 203 Å². The van der Waals surface area contributed by atoms with E-state index in [9.17, 15) is 13.6 Å². The first-order chi connectivity index (χ1) is 16.6. The van der Waals surface area contributed by atoms with Crippen molar-refractivity contribution in [2.24, 2.45) is 0 Å². The number of ether oxygens (including phenoxy) is 1. The average Bonchev–Trinajstić information content (AvgIpc) is 3.23. The van der Waals surface area contributed by atoms with Crippen LogP contribution in [-0.2, 0) is 0 Å². The van der Waals surface area contributed by atoms with Gasteiger partial charge in [-0.1, -0.05) is 6.42 Å². The van der Waals surface area contributed by atoms with Gasteiger partial charge in [0.15, 0.2) is 0 Å². The molecule has 0 atom stereocenters. The van der Waals surface area contributed by atoms with Crippen molar-refractivity contribution in [3.63, 3.8) is 0 Å². The summed E-state index contributed by atoms with van der Waals surface area (Å²) in [6.45, 7) is 3.79. The van der Waals surface area contributed by atoms with Gasteiger partial charge in [0.1, 0.15) is 0 Å². The molecular weight excluding hydrogens is 499 g/mol. The number of hydrogen-bond donors (Lipinski definition) is 0. The molecule has 0 unspecified atom stereocenters. The van der Waals surface area contributed by atoms with E-state index in [0.29, 0.717) is 17.7 Å². The summed E-state index contributed by atoms with van der Waals surface area (Å²) < 4.78 is 35.0. The van der Waals surface area contributed by atoms with Crippen molar-refractivity contribution in [2.45, 2.75) is 19.3 Å². The van der Waals surface area contributed by atoms with Crippen LogP contribution in [-0.4, -0.2) is 51.4 Å². The number of halogens is 2. The third kappa shape index (κ3) is 5.00. The molecule has 0 spiro atoms. The molecule has 0 aliphatic carbocycles. The summed E-state index contributed by atoms with van der Waals surface area (Å²) in [5, 5.41) is 0.757. The second-order valence-corrected chi connectivity index (χ2v) is 10.8. The van der Waals surface area contributed by atoms with Gasteiger partial charge in [-0.2, -0.15) is 0 Å². The normalized spacial score (nSPS) is 14.4. The number of fused-ring (bicyclic) bond motifs is 1. The van der Waals surface area contributed by atoms with E-state index in [2.05, 4.69) is 4.90 Å². The molecule has 174 valence electrons. The van der Waals surface area contributed by atoms with Gasteiger partial charge in [0.25, 0.3) is 0 Å². The second kappa shape index (κ2) is 10.2. The van der Waals surface area contributed by atoms with E-state index < -0.39 is 0 Å². The molecule has 6 heteroatoms. The van der Waals surface area contributed by atoms with Gasteiger partial charge < -0.3 is 0 Å². The van der Waals surface area contributed by atoms with Gasteiger partial charge in [0.2, 0.25) is 0 Å². The number of piperidine rings is 1. The van der Waals surface area contributed by atoms with Crippen LogP contribution < -0.4 is 4.74 Å². The molecular formula is C28H25F2NO2Se. The predicted molar refractivity (Wildman–Crippen MR) is 132 cm³/mol. The van der Waals surface area contributed by atoms with E-state index in [0.717, 1.165) is 45.0 Å². The van der Waals surface area contributed by atoms with Crippen LogP contribution in [0.4, 0.5) is 8.78 Å². The first-order valence-electron chi connectivity index (χ1n) is 11.6. The molecule has 1 aliphatic rings. The van der Waals surface area contributed by atoms with E-state index >= 15 is 0 Å². The van der Waals surface area contributed by atoms with Crippen molar-refractivity contribution < 1.29 is 18.3 Å². The molecule has 0 N–H and O–H groups in total. The third-order valence-electron chi connectivity index (χ3n) is 6.23. The Kier molecular flexibility index (Phi) is 6.91. The van der Waals surface area contributed by atoms with Crippen LogP contribution in [0.1, 0.15) is 35.2 Å². The molecule has 0 bridgehead atoms. The Morgan fingerprint density at radius 2 is 1.59 bits per heavy atom. The zero-order valence-electron chi connectivity index (χ0n) is 18.7. The summed E-state index contributed by atoms with van der Waals surface area (Å²) in [4.78, 5) is 16.0. The van der Waals surface area contributed by atoms with Crippen LogP contribution in [0.3, 0.4) is 0 Å². The predicted octanol–water partition coefficient (Wildman–Crippen LogP) is 5.94. The van der Waals surface area contributed by atoms with E-state index in [4.69, 9.17) is 4.74 Å². The molecule has 5 rings (SSSR count). The monoisotopic (exact) mass is 525 g/mol. The van der Waals surface area contributed by atoms with Crippen LogP contribution in [0.15, 0.2) is 66.7 Å². The summed E-state index contributed by atoms with van der Waals surface area (Å²) >= 11 is -0.252. The molecule has 2 heterocycles. The van der Waals surface area contributed by atoms with Gasteiger partial charge in [-0.15, -0.1) is 0 Å². The summed E-state index contributed by atoms with van der Waals surface area (Å²) in [6.07, 6.45) is 3.82. The van der Waals surface area contributed by atoms with Crippen LogP contribution in [0.2, 0.25) is 0 Å². The number of nitrogens with zero attached hydrogens (tertiary/aromatic N) is 1. The zero-order chi connectivity index (χ0) is 23.5. The fourth-order valence-electron chi connectivity index (χ4n) is 4.42. The van der Waals surface area contributed by atoms with Crippen molar-refractivity contribution in [3.05, 3.63) is 89.5 Å². The van der Waals surface area contributed by atoms with E-state index in [1.165, 1.54) is 43.5 Å². The summed E-state index contributed by atoms with van der Waals surface area (Å²) in [5.74, 6) is -0.0353. The number of carbonyl (C=O) groups excluding carboxylic acids is 1. The van der Waals surface area contributed by atoms with Crippen molar-refractivity contribution in [1.82, 2.24) is 4.90 Å². The van der Waals surface area contributed by atoms with Crippen molar-refractivity contribution in [3.8, 4) is 15.8 Å². The molecule has 4 aromatic rings. The minimum atomic E-state index is -0.331. The zero-order valence-corrected chi connectivity index (χ0v) is 20.4. The van der Waals surface area contributed by atoms with Crippen LogP contribution >= 0.6 is 0 Å². The van der Waals surface area contributed by atoms with Gasteiger partial charge >= 0.3 is 185 Å². The summed E-state index contributed by atoms with van der Waals surface area (Å²) in [6, 6.07) is 17.9. The van der Waals surface area contributed by atoms with E-state index in [1.54, 1.807) is 30.3 Å². The van der Waals surface area contributed by atoms with Gasteiger partial charge in [-0.05, 0) is 12.8 Å². The molecule has 1 aliphatic heterocycles. The van der Waals surface area contributed by atoms with Crippen molar-refractivity contribution >= 4 is 29.9 Å². The first kappa shape index (κ1) is 23.0. The average molecular weight is 524 g/mol. The van der Waals surface area contributed by atoms with Gasteiger partial charge in [0, 0.05) is 0 Å². The van der Waals surface area contributed by atoms with Gasteiger partial charge in [-0.3, -0.25) is 0 Å². The number of likely N-dealkylation sites (tertiary alicyclic amines) is 1. The molecule has 0 saturated carbocycles. The standard InChI is InChI=1S/C28H25F2NO2Se/c29-21-8-4-20(5-9-21)28-26(24-13-10-22(30)18-25(24)34-28)27(32)19-6-11-23(12-7-19)33-17-16-31-14-2-1-3-15-31/h4-13,18H,1-3,14-17H2. The SMILES string of the molecule is O=C(c1ccc(OCCN2CCCCC2)cc1)c1c(-c2ccc(F)cc2)[se]c2cc(F)ccc12. The molecule has 0 amide bonds. The Balaban J connectivity index is 1.39. The Morgan fingerprint density at radius 1 is 0.882 bits per heavy atom. The molecule has 1 fully saturated rings. The van der Waals surface area contributed by atoms with E-state index in [1.807, 2.05) is 12.1 Å². The topological polar surface area (TPSA) is 29.5 Å². The van der Waals surface area contributed by atoms with Gasteiger partial charge in [0.05, 0.1) is 0 Å². The molecule has 3 aromatic carbocycles. The van der Waals surface area contributed by atoms with Crippen LogP contribution in [0, 0.1) is 11.6 Å². The van der Waals surface area contributed by atoms with Crippen molar-refractivity contribution in [2.75, 3.05) is 26.2 Å². The third-order valence-corrected chi connectivity index (χ3v) is 8.75. The van der Waals surface area contributed by atoms with E-state index in [-0.39, 0.29) is 31.9 Å². The fraction of sp³-hybridized carbons (Fsp3) is 0.250.